The highest BCUT2D eigenvalue weighted by molar-refractivity contribution is 6.01. The Morgan fingerprint density at radius 3 is 2.50 bits per heavy atom. The molecule has 114 valence electrons. The van der Waals surface area contributed by atoms with Gasteiger partial charge in [0.2, 0.25) is 0 Å². The highest BCUT2D eigenvalue weighted by atomic mass is 16.3. The summed E-state index contributed by atoms with van der Waals surface area (Å²) in [4.78, 5) is 27.7. The van der Waals surface area contributed by atoms with E-state index >= 15 is 0 Å². The Balaban J connectivity index is 2.32. The van der Waals surface area contributed by atoms with Crippen LogP contribution >= 0.6 is 0 Å². The highest BCUT2D eigenvalue weighted by Gasteiger charge is 2.31. The molecule has 0 aliphatic heterocycles. The molecule has 2 aromatic rings. The first-order valence-electron chi connectivity index (χ1n) is 6.92. The van der Waals surface area contributed by atoms with E-state index in [0.717, 1.165) is 0 Å². The van der Waals surface area contributed by atoms with E-state index in [1.165, 1.54) is 0 Å². The summed E-state index contributed by atoms with van der Waals surface area (Å²) in [5, 5.41) is 13.1. The third kappa shape index (κ3) is 3.56. The van der Waals surface area contributed by atoms with Crippen molar-refractivity contribution in [2.75, 3.05) is 0 Å². The Bertz CT molecular complexity index is 663. The van der Waals surface area contributed by atoms with Gasteiger partial charge in [0.25, 0.3) is 5.91 Å². The summed E-state index contributed by atoms with van der Waals surface area (Å²) < 4.78 is 0. The molecule has 1 atom stereocenters. The van der Waals surface area contributed by atoms with E-state index in [1.54, 1.807) is 62.5 Å². The summed E-state index contributed by atoms with van der Waals surface area (Å²) in [6, 6.07) is 11.1. The zero-order valence-corrected chi connectivity index (χ0v) is 12.5. The number of benzene rings is 1. The van der Waals surface area contributed by atoms with Gasteiger partial charge in [-0.15, -0.1) is 0 Å². The molecule has 0 aliphatic carbocycles. The van der Waals surface area contributed by atoms with Gasteiger partial charge in [-0.05, 0) is 32.0 Å². The molecule has 2 rings (SSSR count). The van der Waals surface area contributed by atoms with Crippen LogP contribution in [0.4, 0.5) is 0 Å². The molecule has 1 heterocycles. The molecule has 0 spiro atoms. The van der Waals surface area contributed by atoms with Crippen LogP contribution in [0.2, 0.25) is 0 Å². The lowest BCUT2D eigenvalue weighted by Crippen LogP contribution is -2.42. The third-order valence-electron chi connectivity index (χ3n) is 3.30. The zero-order chi connectivity index (χ0) is 16.2. The van der Waals surface area contributed by atoms with Crippen molar-refractivity contribution in [1.82, 2.24) is 10.3 Å². The molecule has 22 heavy (non-hydrogen) atoms. The normalized spacial score (nSPS) is 12.5. The van der Waals surface area contributed by atoms with Crippen molar-refractivity contribution in [2.24, 2.45) is 0 Å². The van der Waals surface area contributed by atoms with Gasteiger partial charge in [-0.3, -0.25) is 14.6 Å². The molecule has 5 nitrogen and oxygen atoms in total. The lowest BCUT2D eigenvalue weighted by Gasteiger charge is -2.29. The molecule has 1 aromatic heterocycles. The van der Waals surface area contributed by atoms with Gasteiger partial charge in [0.1, 0.15) is 0 Å². The van der Waals surface area contributed by atoms with Crippen LogP contribution in [0.25, 0.3) is 0 Å². The first kappa shape index (κ1) is 15.9. The summed E-state index contributed by atoms with van der Waals surface area (Å²) in [5.41, 5.74) is -0.0923. The number of aldehydes is 1. The first-order valence-corrected chi connectivity index (χ1v) is 6.92. The minimum Gasteiger partial charge on any atom is -0.388 e. The van der Waals surface area contributed by atoms with Crippen LogP contribution in [0.3, 0.4) is 0 Å². The quantitative estimate of drug-likeness (QED) is 0.829. The van der Waals surface area contributed by atoms with E-state index in [9.17, 15) is 14.7 Å². The molecular weight excluding hydrogens is 280 g/mol. The minimum absolute atomic E-state index is 0.266. The molecule has 0 bridgehead atoms. The topological polar surface area (TPSA) is 79.3 Å². The number of aromatic nitrogens is 1. The SMILES string of the molecule is CC(C)(O)C(NC(=O)c1ccccc1C=O)c1ccccn1. The van der Waals surface area contributed by atoms with Crippen LogP contribution < -0.4 is 5.32 Å². The van der Waals surface area contributed by atoms with Crippen LogP contribution in [0, 0.1) is 0 Å². The molecule has 5 heteroatoms. The van der Waals surface area contributed by atoms with Gasteiger partial charge >= 0.3 is 0 Å². The zero-order valence-electron chi connectivity index (χ0n) is 12.5. The number of carbonyl (C=O) groups is 2. The molecule has 0 saturated carbocycles. The molecule has 0 saturated heterocycles. The molecule has 0 radical (unpaired) electrons. The van der Waals surface area contributed by atoms with E-state index in [4.69, 9.17) is 0 Å². The number of carbonyl (C=O) groups excluding carboxylic acids is 2. The summed E-state index contributed by atoms with van der Waals surface area (Å²) in [7, 11) is 0. The summed E-state index contributed by atoms with van der Waals surface area (Å²) in [6.45, 7) is 3.19. The van der Waals surface area contributed by atoms with Crippen LogP contribution in [-0.2, 0) is 0 Å². The Hall–Kier alpha value is -2.53. The number of rotatable bonds is 5. The fourth-order valence-electron chi connectivity index (χ4n) is 2.17. The van der Waals surface area contributed by atoms with Crippen LogP contribution in [0.15, 0.2) is 48.7 Å². The van der Waals surface area contributed by atoms with E-state index in [-0.39, 0.29) is 5.56 Å². The van der Waals surface area contributed by atoms with Crippen LogP contribution in [0.5, 0.6) is 0 Å². The van der Waals surface area contributed by atoms with Gasteiger partial charge in [0, 0.05) is 17.3 Å². The second-order valence-electron chi connectivity index (χ2n) is 5.52. The van der Waals surface area contributed by atoms with Gasteiger partial charge in [0.05, 0.1) is 17.3 Å². The van der Waals surface area contributed by atoms with Crippen molar-refractivity contribution >= 4 is 12.2 Å². The monoisotopic (exact) mass is 298 g/mol. The van der Waals surface area contributed by atoms with Crippen molar-refractivity contribution in [2.45, 2.75) is 25.5 Å². The Morgan fingerprint density at radius 2 is 1.91 bits per heavy atom. The molecule has 1 amide bonds. The van der Waals surface area contributed by atoms with Crippen LogP contribution in [0.1, 0.15) is 46.3 Å². The molecular formula is C17H18N2O3. The molecule has 1 unspecified atom stereocenters. The summed E-state index contributed by atoms with van der Waals surface area (Å²) >= 11 is 0. The van der Waals surface area contributed by atoms with E-state index < -0.39 is 17.6 Å². The molecule has 0 fully saturated rings. The number of aliphatic hydroxyl groups is 1. The predicted octanol–water partition coefficient (Wildman–Crippen LogP) is 2.14. The maximum absolute atomic E-state index is 12.4. The summed E-state index contributed by atoms with van der Waals surface area (Å²) in [6.07, 6.45) is 2.23. The number of hydrogen-bond donors (Lipinski definition) is 2. The van der Waals surface area contributed by atoms with Gasteiger partial charge in [-0.25, -0.2) is 0 Å². The Morgan fingerprint density at radius 1 is 1.23 bits per heavy atom. The fraction of sp³-hybridized carbons (Fsp3) is 0.235. The summed E-state index contributed by atoms with van der Waals surface area (Å²) in [5.74, 6) is -0.430. The first-order chi connectivity index (χ1) is 10.4. The van der Waals surface area contributed by atoms with Crippen molar-refractivity contribution < 1.29 is 14.7 Å². The van der Waals surface area contributed by atoms with E-state index in [1.807, 2.05) is 0 Å². The van der Waals surface area contributed by atoms with Crippen molar-refractivity contribution in [3.8, 4) is 0 Å². The average Bonchev–Trinajstić information content (AvgIpc) is 2.52. The van der Waals surface area contributed by atoms with Gasteiger partial charge < -0.3 is 10.4 Å². The maximum Gasteiger partial charge on any atom is 0.252 e. The number of amides is 1. The molecule has 0 aliphatic rings. The minimum atomic E-state index is -1.21. The lowest BCUT2D eigenvalue weighted by molar-refractivity contribution is 0.0330. The van der Waals surface area contributed by atoms with Crippen LogP contribution in [-0.4, -0.2) is 27.9 Å². The van der Waals surface area contributed by atoms with Crippen molar-refractivity contribution in [3.05, 3.63) is 65.5 Å². The largest absolute Gasteiger partial charge is 0.388 e. The number of nitrogens with one attached hydrogen (secondary N) is 1. The maximum atomic E-state index is 12.4. The lowest BCUT2D eigenvalue weighted by atomic mass is 9.94. The Labute approximate surface area is 129 Å². The second-order valence-corrected chi connectivity index (χ2v) is 5.52. The average molecular weight is 298 g/mol. The number of pyridine rings is 1. The fourth-order valence-corrected chi connectivity index (χ4v) is 2.17. The van der Waals surface area contributed by atoms with Crippen molar-refractivity contribution in [1.29, 1.82) is 0 Å². The molecule has 2 N–H and O–H groups in total. The van der Waals surface area contributed by atoms with Gasteiger partial charge in [-0.2, -0.15) is 0 Å². The number of nitrogens with zero attached hydrogens (tertiary/aromatic N) is 1. The van der Waals surface area contributed by atoms with Crippen molar-refractivity contribution in [3.63, 3.8) is 0 Å². The highest BCUT2D eigenvalue weighted by Crippen LogP contribution is 2.24. The van der Waals surface area contributed by atoms with E-state index in [0.29, 0.717) is 17.5 Å². The van der Waals surface area contributed by atoms with E-state index in [2.05, 4.69) is 10.3 Å². The van der Waals surface area contributed by atoms with Gasteiger partial charge in [-0.1, -0.05) is 24.3 Å². The smallest absolute Gasteiger partial charge is 0.252 e. The number of hydrogen-bond acceptors (Lipinski definition) is 4. The Kier molecular flexibility index (Phi) is 4.68. The second kappa shape index (κ2) is 6.49. The third-order valence-corrected chi connectivity index (χ3v) is 3.30. The predicted molar refractivity (Wildman–Crippen MR) is 82.6 cm³/mol. The standard InChI is InChI=1S/C17H18N2O3/c1-17(2,22)15(14-9-5-6-10-18-14)19-16(21)13-8-4-3-7-12(13)11-20/h3-11,15,22H,1-2H3,(H,19,21). The van der Waals surface area contributed by atoms with Gasteiger partial charge in [0.15, 0.2) is 6.29 Å². The molecule has 1 aromatic carbocycles.